The van der Waals surface area contributed by atoms with Crippen LogP contribution in [0.15, 0.2) is 0 Å². The monoisotopic (exact) mass is 300 g/mol. The minimum absolute atomic E-state index is 0.106. The molecule has 21 heavy (non-hydrogen) atoms. The molecular weight excluding hydrogens is 270 g/mol. The highest BCUT2D eigenvalue weighted by atomic mass is 19.3. The molecule has 2 saturated carbocycles. The van der Waals surface area contributed by atoms with Gasteiger partial charge < -0.3 is 0 Å². The summed E-state index contributed by atoms with van der Waals surface area (Å²) in [6.45, 7) is 9.27. The predicted octanol–water partition coefficient (Wildman–Crippen LogP) is 5.62. The molecule has 0 bridgehead atoms. The Morgan fingerprint density at radius 3 is 2.05 bits per heavy atom. The molecule has 2 aliphatic rings. The van der Waals surface area contributed by atoms with Gasteiger partial charge in [-0.15, -0.1) is 0 Å². The van der Waals surface area contributed by atoms with E-state index in [2.05, 4.69) is 27.7 Å². The van der Waals surface area contributed by atoms with Crippen molar-refractivity contribution in [2.75, 3.05) is 0 Å². The van der Waals surface area contributed by atoms with Crippen LogP contribution in [-0.4, -0.2) is 11.7 Å². The number of hydrogen-bond donors (Lipinski definition) is 0. The molecule has 0 aromatic rings. The summed E-state index contributed by atoms with van der Waals surface area (Å²) in [5.74, 6) is -1.83. The molecule has 0 aliphatic heterocycles. The number of carbonyl (C=O) groups is 1. The van der Waals surface area contributed by atoms with Crippen LogP contribution in [0.1, 0.15) is 79.1 Å². The molecule has 0 saturated heterocycles. The zero-order valence-electron chi connectivity index (χ0n) is 14.0. The van der Waals surface area contributed by atoms with E-state index in [1.807, 2.05) is 0 Å². The Kier molecular flexibility index (Phi) is 4.52. The number of Topliss-reactive ketones (excluding diaryl/α,β-unsaturated/α-hetero) is 1. The molecule has 0 unspecified atom stereocenters. The molecule has 0 amide bonds. The van der Waals surface area contributed by atoms with Crippen molar-refractivity contribution in [3.8, 4) is 0 Å². The standard InChI is InChI=1S/C18H30F2O/c1-16(2)10-9-14(17(16,3)4)5-6-15(21)13-7-11-18(19,20)12-8-13/h13-14H,5-12H2,1-4H3/t14-/m0/s1. The summed E-state index contributed by atoms with van der Waals surface area (Å²) in [7, 11) is 0. The van der Waals surface area contributed by atoms with E-state index in [-0.39, 0.29) is 30.0 Å². The van der Waals surface area contributed by atoms with Gasteiger partial charge in [-0.1, -0.05) is 27.7 Å². The minimum Gasteiger partial charge on any atom is -0.299 e. The number of alkyl halides is 2. The average Bonchev–Trinajstić information content (AvgIpc) is 2.57. The van der Waals surface area contributed by atoms with Crippen molar-refractivity contribution in [1.82, 2.24) is 0 Å². The van der Waals surface area contributed by atoms with Gasteiger partial charge >= 0.3 is 0 Å². The third kappa shape index (κ3) is 3.48. The Morgan fingerprint density at radius 2 is 1.57 bits per heavy atom. The van der Waals surface area contributed by atoms with Crippen molar-refractivity contribution in [1.29, 1.82) is 0 Å². The maximum Gasteiger partial charge on any atom is 0.248 e. The third-order valence-corrected chi connectivity index (χ3v) is 6.79. The zero-order chi connectivity index (χ0) is 15.9. The first-order chi connectivity index (χ1) is 9.55. The Hall–Kier alpha value is -0.470. The van der Waals surface area contributed by atoms with E-state index >= 15 is 0 Å². The maximum absolute atomic E-state index is 13.1. The van der Waals surface area contributed by atoms with Gasteiger partial charge in [0.1, 0.15) is 5.78 Å². The SMILES string of the molecule is CC1(C)CC[C@H](CCC(=O)C2CCC(F)(F)CC2)C1(C)C. The highest BCUT2D eigenvalue weighted by Crippen LogP contribution is 2.57. The molecule has 0 spiro atoms. The Labute approximate surface area is 127 Å². The van der Waals surface area contributed by atoms with Gasteiger partial charge in [-0.2, -0.15) is 0 Å². The van der Waals surface area contributed by atoms with Crippen molar-refractivity contribution in [3.63, 3.8) is 0 Å². The van der Waals surface area contributed by atoms with E-state index in [0.717, 1.165) is 6.42 Å². The van der Waals surface area contributed by atoms with Crippen LogP contribution >= 0.6 is 0 Å². The number of carbonyl (C=O) groups excluding carboxylic acids is 1. The lowest BCUT2D eigenvalue weighted by molar-refractivity contribution is -0.127. The van der Waals surface area contributed by atoms with Gasteiger partial charge in [0.15, 0.2) is 0 Å². The largest absolute Gasteiger partial charge is 0.299 e. The lowest BCUT2D eigenvalue weighted by atomic mass is 9.66. The quantitative estimate of drug-likeness (QED) is 0.658. The average molecular weight is 300 g/mol. The molecule has 0 heterocycles. The van der Waals surface area contributed by atoms with Crippen molar-refractivity contribution in [2.45, 2.75) is 85.0 Å². The van der Waals surface area contributed by atoms with Gasteiger partial charge in [-0.3, -0.25) is 4.79 Å². The Balaban J connectivity index is 1.83. The molecule has 1 atom stereocenters. The molecule has 2 rings (SSSR count). The summed E-state index contributed by atoms with van der Waals surface area (Å²) < 4.78 is 26.3. The third-order valence-electron chi connectivity index (χ3n) is 6.79. The van der Waals surface area contributed by atoms with Gasteiger partial charge in [-0.05, 0) is 48.9 Å². The van der Waals surface area contributed by atoms with Gasteiger partial charge in [-0.25, -0.2) is 8.78 Å². The summed E-state index contributed by atoms with van der Waals surface area (Å²) in [4.78, 5) is 12.3. The van der Waals surface area contributed by atoms with Gasteiger partial charge in [0.05, 0.1) is 0 Å². The van der Waals surface area contributed by atoms with E-state index in [4.69, 9.17) is 0 Å². The van der Waals surface area contributed by atoms with Crippen LogP contribution < -0.4 is 0 Å². The van der Waals surface area contributed by atoms with Crippen LogP contribution in [0.4, 0.5) is 8.78 Å². The molecule has 0 aromatic heterocycles. The highest BCUT2D eigenvalue weighted by Gasteiger charge is 2.48. The molecule has 0 radical (unpaired) electrons. The van der Waals surface area contributed by atoms with Crippen LogP contribution in [-0.2, 0) is 4.79 Å². The van der Waals surface area contributed by atoms with Crippen molar-refractivity contribution in [2.24, 2.45) is 22.7 Å². The molecule has 2 fully saturated rings. The lowest BCUT2D eigenvalue weighted by Crippen LogP contribution is -2.32. The second-order valence-electron chi connectivity index (χ2n) is 8.48. The molecule has 2 aliphatic carbocycles. The molecule has 0 aromatic carbocycles. The van der Waals surface area contributed by atoms with E-state index in [1.165, 1.54) is 12.8 Å². The summed E-state index contributed by atoms with van der Waals surface area (Å²) in [6, 6.07) is 0. The summed E-state index contributed by atoms with van der Waals surface area (Å²) in [6.07, 6.45) is 4.47. The first kappa shape index (κ1) is 16.9. The van der Waals surface area contributed by atoms with E-state index in [9.17, 15) is 13.6 Å². The normalized spacial score (nSPS) is 31.2. The van der Waals surface area contributed by atoms with Crippen LogP contribution in [0.5, 0.6) is 0 Å². The smallest absolute Gasteiger partial charge is 0.248 e. The summed E-state index contributed by atoms with van der Waals surface area (Å²) in [5.41, 5.74) is 0.584. The molecule has 3 heteroatoms. The highest BCUT2D eigenvalue weighted by molar-refractivity contribution is 5.81. The van der Waals surface area contributed by atoms with Gasteiger partial charge in [0.2, 0.25) is 5.92 Å². The maximum atomic E-state index is 13.1. The fourth-order valence-corrected chi connectivity index (χ4v) is 4.16. The number of hydrogen-bond acceptors (Lipinski definition) is 1. The first-order valence-electron chi connectivity index (χ1n) is 8.46. The van der Waals surface area contributed by atoms with Crippen molar-refractivity contribution in [3.05, 3.63) is 0 Å². The van der Waals surface area contributed by atoms with Crippen molar-refractivity contribution < 1.29 is 13.6 Å². The number of ketones is 1. The molecular formula is C18H30F2O. The Bertz CT molecular complexity index is 388. The Morgan fingerprint density at radius 1 is 1.00 bits per heavy atom. The lowest BCUT2D eigenvalue weighted by Gasteiger charge is -2.39. The first-order valence-corrected chi connectivity index (χ1v) is 8.46. The van der Waals surface area contributed by atoms with E-state index in [1.54, 1.807) is 0 Å². The predicted molar refractivity (Wildman–Crippen MR) is 81.4 cm³/mol. The van der Waals surface area contributed by atoms with Gasteiger partial charge in [0, 0.05) is 25.2 Å². The number of halogens is 2. The van der Waals surface area contributed by atoms with Gasteiger partial charge in [0.25, 0.3) is 0 Å². The van der Waals surface area contributed by atoms with Crippen LogP contribution in [0.25, 0.3) is 0 Å². The topological polar surface area (TPSA) is 17.1 Å². The van der Waals surface area contributed by atoms with Crippen LogP contribution in [0.2, 0.25) is 0 Å². The summed E-state index contributed by atoms with van der Waals surface area (Å²) in [5, 5.41) is 0. The van der Waals surface area contributed by atoms with E-state index in [0.29, 0.717) is 30.6 Å². The minimum atomic E-state index is -2.53. The van der Waals surface area contributed by atoms with E-state index < -0.39 is 5.92 Å². The molecule has 1 nitrogen and oxygen atoms in total. The fraction of sp³-hybridized carbons (Fsp3) is 0.944. The second-order valence-corrected chi connectivity index (χ2v) is 8.48. The zero-order valence-corrected chi connectivity index (χ0v) is 14.0. The fourth-order valence-electron chi connectivity index (χ4n) is 4.16. The molecule has 0 N–H and O–H groups in total. The van der Waals surface area contributed by atoms with Crippen molar-refractivity contribution >= 4 is 5.78 Å². The second kappa shape index (κ2) is 5.62. The summed E-state index contributed by atoms with van der Waals surface area (Å²) >= 11 is 0. The van der Waals surface area contributed by atoms with Crippen LogP contribution in [0.3, 0.4) is 0 Å². The van der Waals surface area contributed by atoms with Crippen LogP contribution in [0, 0.1) is 22.7 Å². The molecule has 122 valence electrons. The number of rotatable bonds is 4.